The third-order valence-electron chi connectivity index (χ3n) is 4.48. The minimum atomic E-state index is -2.44. The molecule has 0 unspecified atom stereocenters. The largest absolute Gasteiger partial charge is 0.357 e. The van der Waals surface area contributed by atoms with Crippen LogP contribution in [0.4, 0.5) is 14.6 Å². The maximum absolute atomic E-state index is 13.2. The van der Waals surface area contributed by atoms with Crippen molar-refractivity contribution in [3.63, 3.8) is 0 Å². The van der Waals surface area contributed by atoms with Gasteiger partial charge >= 0.3 is 0 Å². The molecule has 0 spiro atoms. The van der Waals surface area contributed by atoms with Crippen molar-refractivity contribution in [1.29, 1.82) is 0 Å². The van der Waals surface area contributed by atoms with Crippen LogP contribution in [0, 0.1) is 0 Å². The molecule has 2 aliphatic heterocycles. The molecule has 3 nitrogen and oxygen atoms in total. The number of pyridine rings is 1. The summed E-state index contributed by atoms with van der Waals surface area (Å²) < 4.78 is 26.4. The fourth-order valence-corrected chi connectivity index (χ4v) is 3.22. The molecule has 2 fully saturated rings. The summed E-state index contributed by atoms with van der Waals surface area (Å²) >= 11 is 0. The third kappa shape index (κ3) is 3.08. The number of rotatable bonds is 2. The third-order valence-corrected chi connectivity index (χ3v) is 4.48. The van der Waals surface area contributed by atoms with Crippen LogP contribution in [0.2, 0.25) is 0 Å². The van der Waals surface area contributed by atoms with E-state index in [1.807, 2.05) is 24.4 Å². The lowest BCUT2D eigenvalue weighted by Gasteiger charge is -2.42. The standard InChI is InChI=1S/C15H21F2N3/c16-15(17)6-11-19(12-7-15)13-4-9-20(10-5-13)14-3-1-2-8-18-14/h1-3,8,13H,4-7,9-12H2. The molecule has 0 amide bonds. The van der Waals surface area contributed by atoms with Crippen molar-refractivity contribution in [3.05, 3.63) is 24.4 Å². The van der Waals surface area contributed by atoms with Gasteiger partial charge in [0.2, 0.25) is 0 Å². The average molecular weight is 281 g/mol. The number of alkyl halides is 2. The summed E-state index contributed by atoms with van der Waals surface area (Å²) in [6, 6.07) is 6.42. The van der Waals surface area contributed by atoms with Gasteiger partial charge in [-0.05, 0) is 25.0 Å². The van der Waals surface area contributed by atoms with Gasteiger partial charge in [0.1, 0.15) is 5.82 Å². The van der Waals surface area contributed by atoms with E-state index in [2.05, 4.69) is 14.8 Å². The minimum absolute atomic E-state index is 0.0213. The predicted octanol–water partition coefficient (Wildman–Crippen LogP) is 2.78. The van der Waals surface area contributed by atoms with Crippen LogP contribution in [0.3, 0.4) is 0 Å². The Kier molecular flexibility index (Phi) is 3.87. The second kappa shape index (κ2) is 5.64. The molecule has 1 aromatic heterocycles. The molecule has 0 bridgehead atoms. The zero-order chi connectivity index (χ0) is 14.0. The number of hydrogen-bond donors (Lipinski definition) is 0. The fourth-order valence-electron chi connectivity index (χ4n) is 3.22. The highest BCUT2D eigenvalue weighted by atomic mass is 19.3. The average Bonchev–Trinajstić information content (AvgIpc) is 2.48. The Morgan fingerprint density at radius 1 is 1.05 bits per heavy atom. The summed E-state index contributed by atoms with van der Waals surface area (Å²) in [7, 11) is 0. The number of hydrogen-bond acceptors (Lipinski definition) is 3. The molecule has 3 heterocycles. The van der Waals surface area contributed by atoms with Crippen LogP contribution in [0.25, 0.3) is 0 Å². The van der Waals surface area contributed by atoms with Gasteiger partial charge in [0.15, 0.2) is 0 Å². The molecule has 2 saturated heterocycles. The molecule has 0 radical (unpaired) electrons. The van der Waals surface area contributed by atoms with Gasteiger partial charge in [0, 0.05) is 51.3 Å². The van der Waals surface area contributed by atoms with E-state index in [1.165, 1.54) is 0 Å². The Morgan fingerprint density at radius 2 is 1.75 bits per heavy atom. The Hall–Kier alpha value is -1.23. The summed E-state index contributed by atoms with van der Waals surface area (Å²) in [4.78, 5) is 8.92. The smallest absolute Gasteiger partial charge is 0.250 e. The van der Waals surface area contributed by atoms with Crippen LogP contribution in [-0.4, -0.2) is 48.0 Å². The Morgan fingerprint density at radius 3 is 2.35 bits per heavy atom. The van der Waals surface area contributed by atoms with Crippen molar-refractivity contribution in [2.24, 2.45) is 0 Å². The van der Waals surface area contributed by atoms with Gasteiger partial charge in [-0.15, -0.1) is 0 Å². The SMILES string of the molecule is FC1(F)CCN(C2CCN(c3ccccn3)CC2)CC1. The van der Waals surface area contributed by atoms with E-state index in [-0.39, 0.29) is 12.8 Å². The van der Waals surface area contributed by atoms with Gasteiger partial charge < -0.3 is 4.90 Å². The van der Waals surface area contributed by atoms with Crippen LogP contribution in [0.1, 0.15) is 25.7 Å². The highest BCUT2D eigenvalue weighted by Crippen LogP contribution is 2.30. The first-order valence-electron chi connectivity index (χ1n) is 7.42. The van der Waals surface area contributed by atoms with Crippen LogP contribution in [-0.2, 0) is 0 Å². The number of nitrogens with zero attached hydrogens (tertiary/aromatic N) is 3. The summed E-state index contributed by atoms with van der Waals surface area (Å²) in [5, 5.41) is 0. The first-order chi connectivity index (χ1) is 9.64. The van der Waals surface area contributed by atoms with Crippen LogP contribution >= 0.6 is 0 Å². The highest BCUT2D eigenvalue weighted by Gasteiger charge is 2.36. The van der Waals surface area contributed by atoms with Crippen molar-refractivity contribution in [2.75, 3.05) is 31.1 Å². The van der Waals surface area contributed by atoms with Gasteiger partial charge in [-0.1, -0.05) is 6.07 Å². The first kappa shape index (κ1) is 13.7. The lowest BCUT2D eigenvalue weighted by Crippen LogP contribution is -2.49. The van der Waals surface area contributed by atoms with Crippen LogP contribution in [0.5, 0.6) is 0 Å². The van der Waals surface area contributed by atoms with E-state index in [9.17, 15) is 8.78 Å². The second-order valence-electron chi connectivity index (χ2n) is 5.80. The topological polar surface area (TPSA) is 19.4 Å². The quantitative estimate of drug-likeness (QED) is 0.831. The van der Waals surface area contributed by atoms with E-state index < -0.39 is 5.92 Å². The maximum atomic E-state index is 13.2. The second-order valence-corrected chi connectivity index (χ2v) is 5.80. The number of halogens is 2. The molecule has 3 rings (SSSR count). The molecule has 0 aromatic carbocycles. The number of likely N-dealkylation sites (tertiary alicyclic amines) is 1. The van der Waals surface area contributed by atoms with Crippen molar-refractivity contribution in [2.45, 2.75) is 37.6 Å². The van der Waals surface area contributed by atoms with E-state index in [1.54, 1.807) is 0 Å². The summed E-state index contributed by atoms with van der Waals surface area (Å²) in [6.07, 6.45) is 3.94. The molecule has 110 valence electrons. The normalized spacial score (nSPS) is 24.8. The predicted molar refractivity (Wildman–Crippen MR) is 75.2 cm³/mol. The van der Waals surface area contributed by atoms with Gasteiger partial charge in [-0.2, -0.15) is 0 Å². The summed E-state index contributed by atoms with van der Waals surface area (Å²) in [5.41, 5.74) is 0. The van der Waals surface area contributed by atoms with E-state index >= 15 is 0 Å². The lowest BCUT2D eigenvalue weighted by molar-refractivity contribution is -0.0646. The first-order valence-corrected chi connectivity index (χ1v) is 7.42. The van der Waals surface area contributed by atoms with Crippen molar-refractivity contribution in [3.8, 4) is 0 Å². The van der Waals surface area contributed by atoms with Crippen LogP contribution < -0.4 is 4.90 Å². The highest BCUT2D eigenvalue weighted by molar-refractivity contribution is 5.38. The summed E-state index contributed by atoms with van der Waals surface area (Å²) in [6.45, 7) is 3.02. The van der Waals surface area contributed by atoms with Gasteiger partial charge in [-0.3, -0.25) is 4.90 Å². The van der Waals surface area contributed by atoms with Gasteiger partial charge in [0.25, 0.3) is 5.92 Å². The van der Waals surface area contributed by atoms with Gasteiger partial charge in [0.05, 0.1) is 0 Å². The molecular formula is C15H21F2N3. The molecule has 0 N–H and O–H groups in total. The van der Waals surface area contributed by atoms with Gasteiger partial charge in [-0.25, -0.2) is 13.8 Å². The number of anilines is 1. The van der Waals surface area contributed by atoms with Crippen molar-refractivity contribution >= 4 is 5.82 Å². The van der Waals surface area contributed by atoms with E-state index in [0.29, 0.717) is 19.1 Å². The molecule has 0 atom stereocenters. The molecule has 2 aliphatic rings. The molecule has 0 saturated carbocycles. The fraction of sp³-hybridized carbons (Fsp3) is 0.667. The molecule has 20 heavy (non-hydrogen) atoms. The zero-order valence-corrected chi connectivity index (χ0v) is 11.6. The zero-order valence-electron chi connectivity index (χ0n) is 11.6. The minimum Gasteiger partial charge on any atom is -0.357 e. The molecular weight excluding hydrogens is 260 g/mol. The molecule has 0 aliphatic carbocycles. The number of aromatic nitrogens is 1. The van der Waals surface area contributed by atoms with Crippen molar-refractivity contribution in [1.82, 2.24) is 9.88 Å². The Labute approximate surface area is 118 Å². The monoisotopic (exact) mass is 281 g/mol. The molecule has 5 heteroatoms. The maximum Gasteiger partial charge on any atom is 0.250 e. The van der Waals surface area contributed by atoms with Crippen molar-refractivity contribution < 1.29 is 8.78 Å². The van der Waals surface area contributed by atoms with Crippen LogP contribution in [0.15, 0.2) is 24.4 Å². The van der Waals surface area contributed by atoms with E-state index in [4.69, 9.17) is 0 Å². The lowest BCUT2D eigenvalue weighted by atomic mass is 9.98. The Balaban J connectivity index is 1.52. The number of piperidine rings is 2. The van der Waals surface area contributed by atoms with E-state index in [0.717, 1.165) is 31.7 Å². The molecule has 1 aromatic rings. The summed E-state index contributed by atoms with van der Waals surface area (Å²) in [5.74, 6) is -1.42. The Bertz CT molecular complexity index is 420.